The molecule has 100 valence electrons. The number of carbonyl (C=O) groups is 1. The first kappa shape index (κ1) is 15.1. The molecule has 3 nitrogen and oxygen atoms in total. The van der Waals surface area contributed by atoms with Gasteiger partial charge in [-0.15, -0.1) is 0 Å². The van der Waals surface area contributed by atoms with E-state index in [1.165, 1.54) is 12.1 Å². The summed E-state index contributed by atoms with van der Waals surface area (Å²) in [6.07, 6.45) is 0. The predicted molar refractivity (Wildman–Crippen MR) is 72.2 cm³/mol. The minimum atomic E-state index is -0.414. The summed E-state index contributed by atoms with van der Waals surface area (Å²) in [5.74, 6) is -0.606. The maximum Gasteiger partial charge on any atom is 0.255 e. The van der Waals surface area contributed by atoms with Crippen LogP contribution in [-0.4, -0.2) is 37.1 Å². The maximum absolute atomic E-state index is 13.2. The zero-order valence-corrected chi connectivity index (χ0v) is 12.2. The van der Waals surface area contributed by atoms with Gasteiger partial charge in [-0.2, -0.15) is 0 Å². The van der Waals surface area contributed by atoms with Crippen molar-refractivity contribution in [3.63, 3.8) is 0 Å². The quantitative estimate of drug-likeness (QED) is 0.755. The van der Waals surface area contributed by atoms with Crippen LogP contribution in [0.25, 0.3) is 0 Å². The number of nitrogens with zero attached hydrogens (tertiary/aromatic N) is 1. The summed E-state index contributed by atoms with van der Waals surface area (Å²) in [5, 5.41) is 0. The van der Waals surface area contributed by atoms with Gasteiger partial charge in [0.2, 0.25) is 0 Å². The molecule has 0 unspecified atom stereocenters. The van der Waals surface area contributed by atoms with Crippen LogP contribution in [0.4, 0.5) is 4.39 Å². The second-order valence-corrected chi connectivity index (χ2v) is 4.56. The van der Waals surface area contributed by atoms with Crippen molar-refractivity contribution in [1.29, 1.82) is 0 Å². The van der Waals surface area contributed by atoms with Gasteiger partial charge in [0.1, 0.15) is 5.82 Å². The summed E-state index contributed by atoms with van der Waals surface area (Å²) in [7, 11) is 0. The molecule has 18 heavy (non-hydrogen) atoms. The zero-order chi connectivity index (χ0) is 13.5. The van der Waals surface area contributed by atoms with E-state index in [0.29, 0.717) is 36.3 Å². The molecule has 0 heterocycles. The number of rotatable bonds is 6. The van der Waals surface area contributed by atoms with E-state index in [9.17, 15) is 9.18 Å². The molecule has 1 rings (SSSR count). The molecule has 0 bridgehead atoms. The zero-order valence-electron chi connectivity index (χ0n) is 10.6. The number of carbonyl (C=O) groups excluding carboxylic acids is 1. The molecular weight excluding hydrogens is 301 g/mol. The number of hydrogen-bond acceptors (Lipinski definition) is 2. The van der Waals surface area contributed by atoms with E-state index in [4.69, 9.17) is 4.74 Å². The van der Waals surface area contributed by atoms with Gasteiger partial charge < -0.3 is 9.64 Å². The van der Waals surface area contributed by atoms with Gasteiger partial charge in [0.15, 0.2) is 0 Å². The lowest BCUT2D eigenvalue weighted by Crippen LogP contribution is -2.34. The van der Waals surface area contributed by atoms with E-state index >= 15 is 0 Å². The number of ether oxygens (including phenoxy) is 1. The lowest BCUT2D eigenvalue weighted by Gasteiger charge is -2.21. The highest BCUT2D eigenvalue weighted by Crippen LogP contribution is 2.19. The minimum Gasteiger partial charge on any atom is -0.380 e. The van der Waals surface area contributed by atoms with Gasteiger partial charge in [-0.25, -0.2) is 4.39 Å². The molecule has 0 atom stereocenters. The normalized spacial score (nSPS) is 10.4. The summed E-state index contributed by atoms with van der Waals surface area (Å²) >= 11 is 3.26. The molecule has 0 spiro atoms. The SMILES string of the molecule is CCOCCN(CC)C(=O)c1cc(F)ccc1Br. The predicted octanol–water partition coefficient (Wildman–Crippen LogP) is 3.09. The van der Waals surface area contributed by atoms with Crippen molar-refractivity contribution in [1.82, 2.24) is 4.90 Å². The van der Waals surface area contributed by atoms with Gasteiger partial charge in [0.25, 0.3) is 5.91 Å². The summed E-state index contributed by atoms with van der Waals surface area (Å²) < 4.78 is 19.0. The Kier molecular flexibility index (Phi) is 6.29. The minimum absolute atomic E-state index is 0.191. The molecular formula is C13H17BrFNO2. The number of amides is 1. The maximum atomic E-state index is 13.2. The molecule has 0 radical (unpaired) electrons. The van der Waals surface area contributed by atoms with Crippen molar-refractivity contribution in [2.75, 3.05) is 26.3 Å². The average molecular weight is 318 g/mol. The molecule has 0 aliphatic rings. The van der Waals surface area contributed by atoms with Gasteiger partial charge in [-0.05, 0) is 48.0 Å². The fraction of sp³-hybridized carbons (Fsp3) is 0.462. The monoisotopic (exact) mass is 317 g/mol. The van der Waals surface area contributed by atoms with Crippen LogP contribution >= 0.6 is 15.9 Å². The first-order valence-corrected chi connectivity index (χ1v) is 6.71. The van der Waals surface area contributed by atoms with Crippen LogP contribution in [0, 0.1) is 5.82 Å². The molecule has 1 amide bonds. The molecule has 0 saturated carbocycles. The lowest BCUT2D eigenvalue weighted by atomic mass is 10.2. The number of halogens is 2. The number of likely N-dealkylation sites (N-methyl/N-ethyl adjacent to an activating group) is 1. The molecule has 0 fully saturated rings. The van der Waals surface area contributed by atoms with Crippen LogP contribution in [0.5, 0.6) is 0 Å². The van der Waals surface area contributed by atoms with Crippen LogP contribution in [0.2, 0.25) is 0 Å². The second kappa shape index (κ2) is 7.48. The van der Waals surface area contributed by atoms with Crippen molar-refractivity contribution < 1.29 is 13.9 Å². The van der Waals surface area contributed by atoms with Gasteiger partial charge >= 0.3 is 0 Å². The summed E-state index contributed by atoms with van der Waals surface area (Å²) in [6, 6.07) is 4.10. The second-order valence-electron chi connectivity index (χ2n) is 3.71. The third-order valence-electron chi connectivity index (χ3n) is 2.54. The Morgan fingerprint density at radius 2 is 2.17 bits per heavy atom. The van der Waals surface area contributed by atoms with Gasteiger partial charge in [-0.3, -0.25) is 4.79 Å². The summed E-state index contributed by atoms with van der Waals surface area (Å²) in [4.78, 5) is 13.9. The molecule has 0 aromatic heterocycles. The fourth-order valence-electron chi connectivity index (χ4n) is 1.55. The molecule has 0 N–H and O–H groups in total. The van der Waals surface area contributed by atoms with E-state index in [2.05, 4.69) is 15.9 Å². The molecule has 1 aromatic carbocycles. The largest absolute Gasteiger partial charge is 0.380 e. The Bertz CT molecular complexity index is 412. The van der Waals surface area contributed by atoms with E-state index in [1.54, 1.807) is 11.0 Å². The number of hydrogen-bond donors (Lipinski definition) is 0. The highest BCUT2D eigenvalue weighted by Gasteiger charge is 2.17. The van der Waals surface area contributed by atoms with Crippen molar-refractivity contribution in [3.05, 3.63) is 34.1 Å². The van der Waals surface area contributed by atoms with E-state index < -0.39 is 5.82 Å². The standard InChI is InChI=1S/C13H17BrFNO2/c1-3-16(7-8-18-4-2)13(17)11-9-10(15)5-6-12(11)14/h5-6,9H,3-4,7-8H2,1-2H3. The van der Waals surface area contributed by atoms with E-state index in [1.807, 2.05) is 13.8 Å². The highest BCUT2D eigenvalue weighted by atomic mass is 79.9. The molecule has 1 aromatic rings. The Hall–Kier alpha value is -0.940. The van der Waals surface area contributed by atoms with Gasteiger partial charge in [-0.1, -0.05) is 0 Å². The highest BCUT2D eigenvalue weighted by molar-refractivity contribution is 9.10. The van der Waals surface area contributed by atoms with Crippen LogP contribution in [0.1, 0.15) is 24.2 Å². The molecule has 5 heteroatoms. The van der Waals surface area contributed by atoms with Crippen LogP contribution in [0.15, 0.2) is 22.7 Å². The molecule has 0 saturated heterocycles. The first-order chi connectivity index (χ1) is 8.60. The summed E-state index contributed by atoms with van der Waals surface area (Å²) in [6.45, 7) is 5.97. The smallest absolute Gasteiger partial charge is 0.255 e. The molecule has 0 aliphatic carbocycles. The van der Waals surface area contributed by atoms with Gasteiger partial charge in [0.05, 0.1) is 12.2 Å². The first-order valence-electron chi connectivity index (χ1n) is 5.92. The lowest BCUT2D eigenvalue weighted by molar-refractivity contribution is 0.0668. The summed E-state index contributed by atoms with van der Waals surface area (Å²) in [5.41, 5.74) is 0.341. The van der Waals surface area contributed by atoms with E-state index in [0.717, 1.165) is 0 Å². The van der Waals surface area contributed by atoms with Crippen LogP contribution < -0.4 is 0 Å². The molecule has 0 aliphatic heterocycles. The Labute approximate surface area is 115 Å². The van der Waals surface area contributed by atoms with Crippen molar-refractivity contribution in [3.8, 4) is 0 Å². The Morgan fingerprint density at radius 3 is 2.78 bits per heavy atom. The van der Waals surface area contributed by atoms with Gasteiger partial charge in [0, 0.05) is 24.2 Å². The fourth-order valence-corrected chi connectivity index (χ4v) is 1.97. The van der Waals surface area contributed by atoms with E-state index in [-0.39, 0.29) is 5.91 Å². The topological polar surface area (TPSA) is 29.5 Å². The van der Waals surface area contributed by atoms with Crippen LogP contribution in [-0.2, 0) is 4.74 Å². The average Bonchev–Trinajstić information content (AvgIpc) is 2.37. The Balaban J connectivity index is 2.79. The van der Waals surface area contributed by atoms with Crippen molar-refractivity contribution >= 4 is 21.8 Å². The van der Waals surface area contributed by atoms with Crippen LogP contribution in [0.3, 0.4) is 0 Å². The number of benzene rings is 1. The van der Waals surface area contributed by atoms with Crippen molar-refractivity contribution in [2.45, 2.75) is 13.8 Å². The van der Waals surface area contributed by atoms with Crippen molar-refractivity contribution in [2.24, 2.45) is 0 Å². The third-order valence-corrected chi connectivity index (χ3v) is 3.23. The third kappa shape index (κ3) is 4.07. The Morgan fingerprint density at radius 1 is 1.44 bits per heavy atom.